The van der Waals surface area contributed by atoms with Crippen LogP contribution in [0.2, 0.25) is 10.2 Å². The van der Waals surface area contributed by atoms with Crippen molar-refractivity contribution in [3.8, 4) is 11.5 Å². The summed E-state index contributed by atoms with van der Waals surface area (Å²) < 4.78 is 7.52. The average Bonchev–Trinajstić information content (AvgIpc) is 3.39. The summed E-state index contributed by atoms with van der Waals surface area (Å²) >= 11 is 12.8. The molecular formula is C23H15Cl2N5O2. The van der Waals surface area contributed by atoms with Crippen LogP contribution in [0.5, 0.6) is 0 Å². The largest absolute Gasteiger partial charge is 0.413 e. The third-order valence-corrected chi connectivity index (χ3v) is 5.73. The number of hydrogen-bond acceptors (Lipinski definition) is 6. The number of carbonyl (C=O) groups excluding carboxylic acids is 1. The van der Waals surface area contributed by atoms with Crippen molar-refractivity contribution in [1.29, 1.82) is 0 Å². The van der Waals surface area contributed by atoms with Crippen LogP contribution in [-0.2, 0) is 6.54 Å². The standard InChI is InChI=1S/C23H15Cl2N5O2/c1-13-2-7-18-17(10-13)19(21(25)30(18)12-14-3-5-16(24)6-4-14)20(31)23-29-28-22(32-23)15-8-9-26-27-11-15/h2-11H,12H2,1H3. The summed E-state index contributed by atoms with van der Waals surface area (Å²) in [4.78, 5) is 13.4. The van der Waals surface area contributed by atoms with E-state index in [-0.39, 0.29) is 11.8 Å². The summed E-state index contributed by atoms with van der Waals surface area (Å²) in [6.45, 7) is 2.43. The molecule has 0 radical (unpaired) electrons. The normalized spacial score (nSPS) is 11.2. The first kappa shape index (κ1) is 20.4. The highest BCUT2D eigenvalue weighted by Gasteiger charge is 2.27. The third kappa shape index (κ3) is 3.66. The van der Waals surface area contributed by atoms with Gasteiger partial charge in [-0.15, -0.1) is 10.2 Å². The van der Waals surface area contributed by atoms with Gasteiger partial charge in [-0.1, -0.05) is 47.0 Å². The Kier molecular flexibility index (Phi) is 5.20. The maximum absolute atomic E-state index is 13.4. The molecule has 0 unspecified atom stereocenters. The number of fused-ring (bicyclic) bond motifs is 1. The second-order valence-electron chi connectivity index (χ2n) is 7.27. The van der Waals surface area contributed by atoms with Gasteiger partial charge in [0.25, 0.3) is 11.7 Å². The van der Waals surface area contributed by atoms with Crippen molar-refractivity contribution in [3.05, 3.63) is 93.7 Å². The SMILES string of the molecule is Cc1ccc2c(c1)c(C(=O)c1nnc(-c3ccnnc3)o1)c(Cl)n2Cc1ccc(Cl)cc1. The highest BCUT2D eigenvalue weighted by Crippen LogP contribution is 2.33. The molecular weight excluding hydrogens is 449 g/mol. The molecule has 0 atom stereocenters. The molecule has 0 bridgehead atoms. The molecule has 3 aromatic heterocycles. The fourth-order valence-electron chi connectivity index (χ4n) is 3.54. The maximum Gasteiger partial charge on any atom is 0.289 e. The van der Waals surface area contributed by atoms with Gasteiger partial charge in [0.2, 0.25) is 5.89 Å². The molecule has 9 heteroatoms. The molecule has 2 aromatic carbocycles. The molecule has 32 heavy (non-hydrogen) atoms. The van der Waals surface area contributed by atoms with Crippen molar-refractivity contribution in [3.63, 3.8) is 0 Å². The van der Waals surface area contributed by atoms with E-state index in [1.165, 1.54) is 12.4 Å². The van der Waals surface area contributed by atoms with E-state index in [0.29, 0.717) is 27.8 Å². The Morgan fingerprint density at radius 1 is 1.03 bits per heavy atom. The summed E-state index contributed by atoms with van der Waals surface area (Å²) in [5.74, 6) is -0.410. The van der Waals surface area contributed by atoms with Gasteiger partial charge < -0.3 is 8.98 Å². The molecule has 3 heterocycles. The molecule has 0 N–H and O–H groups in total. The molecule has 158 valence electrons. The topological polar surface area (TPSA) is 86.7 Å². The van der Waals surface area contributed by atoms with Gasteiger partial charge in [-0.2, -0.15) is 10.2 Å². The van der Waals surface area contributed by atoms with Gasteiger partial charge in [-0.05, 0) is 42.8 Å². The molecule has 0 spiro atoms. The number of aromatic nitrogens is 5. The molecule has 7 nitrogen and oxygen atoms in total. The Labute approximate surface area is 192 Å². The van der Waals surface area contributed by atoms with Crippen LogP contribution in [0.4, 0.5) is 0 Å². The predicted molar refractivity (Wildman–Crippen MR) is 121 cm³/mol. The van der Waals surface area contributed by atoms with E-state index < -0.39 is 5.78 Å². The highest BCUT2D eigenvalue weighted by atomic mass is 35.5. The van der Waals surface area contributed by atoms with Crippen LogP contribution < -0.4 is 0 Å². The smallest absolute Gasteiger partial charge is 0.289 e. The van der Waals surface area contributed by atoms with Crippen molar-refractivity contribution in [2.75, 3.05) is 0 Å². The van der Waals surface area contributed by atoms with Gasteiger partial charge in [0.1, 0.15) is 5.15 Å². The Balaban J connectivity index is 1.60. The number of hydrogen-bond donors (Lipinski definition) is 0. The van der Waals surface area contributed by atoms with E-state index in [2.05, 4.69) is 20.4 Å². The molecule has 0 saturated carbocycles. The summed E-state index contributed by atoms with van der Waals surface area (Å²) in [5, 5.41) is 17.1. The van der Waals surface area contributed by atoms with Gasteiger partial charge in [0.15, 0.2) is 0 Å². The van der Waals surface area contributed by atoms with Crippen LogP contribution >= 0.6 is 23.2 Å². The van der Waals surface area contributed by atoms with E-state index in [1.54, 1.807) is 6.07 Å². The fraction of sp³-hybridized carbons (Fsp3) is 0.0870. The Bertz CT molecular complexity index is 1440. The summed E-state index contributed by atoms with van der Waals surface area (Å²) in [6.07, 6.45) is 2.99. The first-order chi connectivity index (χ1) is 15.5. The number of ketones is 1. The van der Waals surface area contributed by atoms with E-state index >= 15 is 0 Å². The zero-order valence-electron chi connectivity index (χ0n) is 16.8. The molecule has 0 fully saturated rings. The zero-order valence-corrected chi connectivity index (χ0v) is 18.3. The first-order valence-corrected chi connectivity index (χ1v) is 10.4. The van der Waals surface area contributed by atoms with E-state index in [1.807, 2.05) is 54.0 Å². The maximum atomic E-state index is 13.4. The van der Waals surface area contributed by atoms with E-state index in [4.69, 9.17) is 27.6 Å². The number of carbonyl (C=O) groups is 1. The van der Waals surface area contributed by atoms with Gasteiger partial charge in [-0.25, -0.2) is 0 Å². The van der Waals surface area contributed by atoms with Crippen LogP contribution in [0, 0.1) is 6.92 Å². The van der Waals surface area contributed by atoms with Crippen molar-refractivity contribution >= 4 is 39.9 Å². The van der Waals surface area contributed by atoms with Crippen LogP contribution in [0.25, 0.3) is 22.4 Å². The molecule has 0 amide bonds. The molecule has 0 aliphatic carbocycles. The van der Waals surface area contributed by atoms with Crippen LogP contribution in [0.3, 0.4) is 0 Å². The molecule has 0 saturated heterocycles. The minimum atomic E-state index is -0.443. The predicted octanol–water partition coefficient (Wildman–Crippen LogP) is 5.38. The Morgan fingerprint density at radius 2 is 1.84 bits per heavy atom. The van der Waals surface area contributed by atoms with Crippen LogP contribution in [0.15, 0.2) is 65.3 Å². The van der Waals surface area contributed by atoms with E-state index in [0.717, 1.165) is 22.0 Å². The minimum absolute atomic E-state index is 0.147. The van der Waals surface area contributed by atoms with Crippen LogP contribution in [-0.4, -0.2) is 30.7 Å². The lowest BCUT2D eigenvalue weighted by Gasteiger charge is -2.08. The zero-order chi connectivity index (χ0) is 22.2. The molecule has 0 aliphatic rings. The third-order valence-electron chi connectivity index (χ3n) is 5.09. The summed E-state index contributed by atoms with van der Waals surface area (Å²) in [6, 6.07) is 15.0. The van der Waals surface area contributed by atoms with Crippen molar-refractivity contribution in [2.24, 2.45) is 0 Å². The summed E-state index contributed by atoms with van der Waals surface area (Å²) in [5.41, 5.74) is 3.72. The highest BCUT2D eigenvalue weighted by molar-refractivity contribution is 6.36. The monoisotopic (exact) mass is 463 g/mol. The number of nitrogens with zero attached hydrogens (tertiary/aromatic N) is 5. The van der Waals surface area contributed by atoms with Gasteiger partial charge in [0.05, 0.1) is 29.0 Å². The molecule has 5 rings (SSSR count). The quantitative estimate of drug-likeness (QED) is 0.325. The van der Waals surface area contributed by atoms with E-state index in [9.17, 15) is 4.79 Å². The molecule has 0 aliphatic heterocycles. The number of aryl methyl sites for hydroxylation is 1. The summed E-state index contributed by atoms with van der Waals surface area (Å²) in [7, 11) is 0. The first-order valence-electron chi connectivity index (χ1n) is 9.69. The van der Waals surface area contributed by atoms with Crippen molar-refractivity contribution < 1.29 is 9.21 Å². The molecule has 5 aromatic rings. The number of benzene rings is 2. The lowest BCUT2D eigenvalue weighted by Crippen LogP contribution is -2.04. The second kappa shape index (κ2) is 8.18. The number of halogens is 2. The Hall–Kier alpha value is -3.55. The van der Waals surface area contributed by atoms with Crippen molar-refractivity contribution in [1.82, 2.24) is 25.0 Å². The fourth-order valence-corrected chi connectivity index (χ4v) is 4.00. The van der Waals surface area contributed by atoms with Crippen molar-refractivity contribution in [2.45, 2.75) is 13.5 Å². The lowest BCUT2D eigenvalue weighted by molar-refractivity contribution is 0.100. The lowest BCUT2D eigenvalue weighted by atomic mass is 10.1. The van der Waals surface area contributed by atoms with Gasteiger partial charge >= 0.3 is 0 Å². The van der Waals surface area contributed by atoms with Crippen LogP contribution in [0.1, 0.15) is 27.4 Å². The Morgan fingerprint density at radius 3 is 2.59 bits per heavy atom. The van der Waals surface area contributed by atoms with Gasteiger partial charge in [0, 0.05) is 17.0 Å². The van der Waals surface area contributed by atoms with Gasteiger partial charge in [-0.3, -0.25) is 4.79 Å². The second-order valence-corrected chi connectivity index (χ2v) is 8.07. The minimum Gasteiger partial charge on any atom is -0.413 e. The average molecular weight is 464 g/mol. The number of rotatable bonds is 5.